The van der Waals surface area contributed by atoms with Crippen LogP contribution in [0.15, 0.2) is 113 Å². The zero-order valence-corrected chi connectivity index (χ0v) is 30.6. The van der Waals surface area contributed by atoms with Gasteiger partial charge in [0.05, 0.1) is 6.04 Å². The first-order chi connectivity index (χ1) is 22.6. The van der Waals surface area contributed by atoms with Gasteiger partial charge < -0.3 is 9.32 Å². The number of nitrogens with zero attached hydrogens (tertiary/aromatic N) is 1. The highest BCUT2D eigenvalue weighted by Crippen LogP contribution is 2.47. The van der Waals surface area contributed by atoms with Crippen molar-refractivity contribution in [1.29, 1.82) is 0 Å². The second-order valence-corrected chi connectivity index (χ2v) is 15.7. The summed E-state index contributed by atoms with van der Waals surface area (Å²) in [5, 5.41) is 1.17. The minimum Gasteiger partial charge on any atom is -0.439 e. The molecule has 1 aromatic heterocycles. The Kier molecular flexibility index (Phi) is 8.83. The molecule has 0 spiro atoms. The summed E-state index contributed by atoms with van der Waals surface area (Å²) in [6, 6.07) is 11.5. The summed E-state index contributed by atoms with van der Waals surface area (Å²) in [5.74, 6) is 2.63. The van der Waals surface area contributed by atoms with E-state index in [2.05, 4.69) is 153 Å². The van der Waals surface area contributed by atoms with Gasteiger partial charge in [-0.3, -0.25) is 0 Å². The molecule has 0 radical (unpaired) electrons. The van der Waals surface area contributed by atoms with Gasteiger partial charge in [-0.1, -0.05) is 132 Å². The summed E-state index contributed by atoms with van der Waals surface area (Å²) < 4.78 is 7.05. The molecular formula is C46H53NO. The van der Waals surface area contributed by atoms with Crippen LogP contribution in [0, 0.1) is 24.7 Å². The number of benzene rings is 2. The predicted octanol–water partition coefficient (Wildman–Crippen LogP) is 12.4. The van der Waals surface area contributed by atoms with Crippen LogP contribution >= 0.6 is 0 Å². The third kappa shape index (κ3) is 6.07. The molecule has 2 aliphatic carbocycles. The minimum atomic E-state index is 0.0695. The number of hydrogen-bond acceptors (Lipinski definition) is 2. The average molecular weight is 636 g/mol. The quantitative estimate of drug-likeness (QED) is 0.261. The van der Waals surface area contributed by atoms with Crippen LogP contribution in [0.3, 0.4) is 0 Å². The number of likely N-dealkylation sites (N-methyl/N-ethyl adjacent to an activating group) is 1. The van der Waals surface area contributed by atoms with Crippen LogP contribution in [0.25, 0.3) is 28.2 Å². The van der Waals surface area contributed by atoms with Crippen LogP contribution in [0.1, 0.15) is 88.3 Å². The first kappa shape index (κ1) is 33.6. The maximum absolute atomic E-state index is 7.05. The molecule has 0 N–H and O–H groups in total. The van der Waals surface area contributed by atoms with Gasteiger partial charge in [-0.2, -0.15) is 0 Å². The number of allylic oxidation sites excluding steroid dienone is 10. The zero-order valence-electron chi connectivity index (χ0n) is 30.6. The third-order valence-corrected chi connectivity index (χ3v) is 10.9. The summed E-state index contributed by atoms with van der Waals surface area (Å²) in [5.41, 5.74) is 14.4. The van der Waals surface area contributed by atoms with E-state index < -0.39 is 0 Å². The van der Waals surface area contributed by atoms with Gasteiger partial charge in [0, 0.05) is 29.5 Å². The minimum absolute atomic E-state index is 0.0695. The molecular weight excluding hydrogens is 583 g/mol. The van der Waals surface area contributed by atoms with Crippen molar-refractivity contribution >= 4 is 34.1 Å². The molecule has 2 aromatic carbocycles. The van der Waals surface area contributed by atoms with Crippen LogP contribution in [0.4, 0.5) is 5.88 Å². The van der Waals surface area contributed by atoms with Crippen LogP contribution in [-0.2, 0) is 11.8 Å². The van der Waals surface area contributed by atoms with Gasteiger partial charge in [0.15, 0.2) is 0 Å². The van der Waals surface area contributed by atoms with E-state index in [1.807, 2.05) is 0 Å². The van der Waals surface area contributed by atoms with Gasteiger partial charge >= 0.3 is 0 Å². The molecule has 2 heteroatoms. The van der Waals surface area contributed by atoms with E-state index in [9.17, 15) is 0 Å². The lowest BCUT2D eigenvalue weighted by Crippen LogP contribution is -2.42. The smallest absolute Gasteiger partial charge is 0.204 e. The molecule has 0 saturated carbocycles. The first-order valence-corrected chi connectivity index (χ1v) is 17.6. The van der Waals surface area contributed by atoms with E-state index in [1.54, 1.807) is 0 Å². The highest BCUT2D eigenvalue weighted by atomic mass is 16.4. The fourth-order valence-electron chi connectivity index (χ4n) is 8.30. The van der Waals surface area contributed by atoms with Crippen molar-refractivity contribution in [3.8, 4) is 0 Å². The lowest BCUT2D eigenvalue weighted by atomic mass is 9.72. The molecule has 4 atom stereocenters. The third-order valence-electron chi connectivity index (χ3n) is 10.9. The standard InChI is InChI=1S/C46H53NO/c1-27-13-15-29(3)34(8)39(35-17-19-37(20-18-35)46(9,10)11)26-33(7)42-36(16-14-27)25-32(6)43-38-21-22-40(47(12)45(38)48-44(42)43)41-30(4)23-28(2)24-31(41)5/h13-15,17-23,25-26,28,31,40-41H,3,7-8,16,24H2,1-2,4-6,9-12H3/b15-13-,27-14-,39-26+/t28-,31?,40?,41?/m1/s1. The maximum Gasteiger partial charge on any atom is 0.204 e. The Balaban J connectivity index is 1.53. The van der Waals surface area contributed by atoms with Crippen molar-refractivity contribution < 1.29 is 4.42 Å². The highest BCUT2D eigenvalue weighted by molar-refractivity contribution is 6.05. The molecule has 2 heterocycles. The Morgan fingerprint density at radius 1 is 0.917 bits per heavy atom. The molecule has 248 valence electrons. The van der Waals surface area contributed by atoms with Crippen molar-refractivity contribution in [3.05, 3.63) is 142 Å². The fraction of sp³-hybridized carbons (Fsp3) is 0.348. The first-order valence-electron chi connectivity index (χ1n) is 17.6. The molecule has 0 fully saturated rings. The lowest BCUT2D eigenvalue weighted by molar-refractivity contribution is 0.298. The summed E-state index contributed by atoms with van der Waals surface area (Å²) in [4.78, 5) is 2.38. The van der Waals surface area contributed by atoms with E-state index in [0.717, 1.165) is 56.9 Å². The molecule has 3 aliphatic rings. The number of anilines is 1. The van der Waals surface area contributed by atoms with Crippen LogP contribution < -0.4 is 4.90 Å². The monoisotopic (exact) mass is 635 g/mol. The Hall–Kier alpha value is -4.30. The number of aryl methyl sites for hydroxylation is 1. The van der Waals surface area contributed by atoms with Gasteiger partial charge in [0.25, 0.3) is 0 Å². The number of furan rings is 1. The number of fused-ring (bicyclic) bond motifs is 5. The van der Waals surface area contributed by atoms with Crippen molar-refractivity contribution in [1.82, 2.24) is 0 Å². The van der Waals surface area contributed by atoms with E-state index in [4.69, 9.17) is 11.0 Å². The molecule has 3 unspecified atom stereocenters. The largest absolute Gasteiger partial charge is 0.439 e. The fourth-order valence-corrected chi connectivity index (χ4v) is 8.30. The van der Waals surface area contributed by atoms with Crippen LogP contribution in [0.5, 0.6) is 0 Å². The number of rotatable bonds is 2. The second kappa shape index (κ2) is 12.6. The molecule has 0 amide bonds. The van der Waals surface area contributed by atoms with Gasteiger partial charge in [-0.05, 0) is 101 Å². The summed E-state index contributed by atoms with van der Waals surface area (Å²) in [6.07, 6.45) is 17.9. The summed E-state index contributed by atoms with van der Waals surface area (Å²) >= 11 is 0. The van der Waals surface area contributed by atoms with E-state index in [-0.39, 0.29) is 11.5 Å². The van der Waals surface area contributed by atoms with Gasteiger partial charge in [-0.15, -0.1) is 0 Å². The number of hydrogen-bond donors (Lipinski definition) is 0. The Morgan fingerprint density at radius 2 is 1.62 bits per heavy atom. The summed E-state index contributed by atoms with van der Waals surface area (Å²) in [7, 11) is 2.21. The van der Waals surface area contributed by atoms with E-state index in [1.165, 1.54) is 39.6 Å². The lowest BCUT2D eigenvalue weighted by Gasteiger charge is -2.41. The molecule has 1 aliphatic heterocycles. The van der Waals surface area contributed by atoms with Crippen molar-refractivity contribution in [2.75, 3.05) is 11.9 Å². The maximum atomic E-state index is 7.05. The molecule has 0 saturated heterocycles. The molecule has 6 rings (SSSR count). The second-order valence-electron chi connectivity index (χ2n) is 15.7. The summed E-state index contributed by atoms with van der Waals surface area (Å²) in [6.45, 7) is 31.9. The topological polar surface area (TPSA) is 16.4 Å². The molecule has 0 bridgehead atoms. The van der Waals surface area contributed by atoms with E-state index in [0.29, 0.717) is 17.8 Å². The predicted molar refractivity (Wildman–Crippen MR) is 209 cm³/mol. The van der Waals surface area contributed by atoms with Gasteiger partial charge in [-0.25, -0.2) is 0 Å². The Labute approximate surface area is 289 Å². The van der Waals surface area contributed by atoms with Gasteiger partial charge in [0.2, 0.25) is 5.88 Å². The van der Waals surface area contributed by atoms with Crippen molar-refractivity contribution in [3.63, 3.8) is 0 Å². The molecule has 2 nitrogen and oxygen atoms in total. The van der Waals surface area contributed by atoms with Gasteiger partial charge in [0.1, 0.15) is 5.58 Å². The Bertz CT molecular complexity index is 1970. The Morgan fingerprint density at radius 3 is 2.29 bits per heavy atom. The van der Waals surface area contributed by atoms with E-state index >= 15 is 0 Å². The molecule has 48 heavy (non-hydrogen) atoms. The van der Waals surface area contributed by atoms with Crippen LogP contribution in [-0.4, -0.2) is 13.1 Å². The van der Waals surface area contributed by atoms with Crippen LogP contribution in [0.2, 0.25) is 0 Å². The SMILES string of the molecule is C=C1/C=C\C(C)=C/Cc2cc(C)c3c4c(oc3c2C(=C)/C=C(/c2ccc(C(C)(C)C)cc2)C1=C)N(C)C(C1C(C)=C[C@@H](C)CC1C)C=C4. The zero-order chi connectivity index (χ0) is 34.7. The van der Waals surface area contributed by atoms with Crippen molar-refractivity contribution in [2.45, 2.75) is 79.7 Å². The van der Waals surface area contributed by atoms with Crippen molar-refractivity contribution in [2.24, 2.45) is 17.8 Å². The normalized spacial score (nSPS) is 26.5. The average Bonchev–Trinajstić information content (AvgIpc) is 3.41. The highest BCUT2D eigenvalue weighted by Gasteiger charge is 2.37. The molecule has 3 aromatic rings.